The molecule has 2 rings (SSSR count). The molecular formula is C11H17N5OS. The second-order valence-corrected chi connectivity index (χ2v) is 5.31. The summed E-state index contributed by atoms with van der Waals surface area (Å²) in [5.41, 5.74) is 0.984. The van der Waals surface area contributed by atoms with Gasteiger partial charge in [-0.1, -0.05) is 18.9 Å². The number of aryl methyl sites for hydroxylation is 1. The summed E-state index contributed by atoms with van der Waals surface area (Å²) in [6, 6.07) is 0.826. The lowest BCUT2D eigenvalue weighted by Gasteiger charge is -2.03. The summed E-state index contributed by atoms with van der Waals surface area (Å²) in [5.74, 6) is 0.584. The van der Waals surface area contributed by atoms with Crippen molar-refractivity contribution in [2.75, 3.05) is 5.32 Å². The highest BCUT2D eigenvalue weighted by Crippen LogP contribution is 2.11. The fourth-order valence-corrected chi connectivity index (χ4v) is 1.96. The zero-order chi connectivity index (χ0) is 13.0. The normalized spacial score (nSPS) is 11.1. The van der Waals surface area contributed by atoms with E-state index in [1.54, 1.807) is 11.3 Å². The van der Waals surface area contributed by atoms with Gasteiger partial charge in [0.25, 0.3) is 0 Å². The van der Waals surface area contributed by atoms with Gasteiger partial charge in [-0.3, -0.25) is 0 Å². The van der Waals surface area contributed by atoms with Crippen molar-refractivity contribution in [2.45, 2.75) is 39.9 Å². The Balaban J connectivity index is 1.83. The van der Waals surface area contributed by atoms with Crippen LogP contribution in [0.25, 0.3) is 0 Å². The second-order valence-electron chi connectivity index (χ2n) is 4.25. The fraction of sp³-hybridized carbons (Fsp3) is 0.545. The zero-order valence-corrected chi connectivity index (χ0v) is 11.5. The molecule has 0 saturated carbocycles. The third-order valence-electron chi connectivity index (χ3n) is 2.22. The summed E-state index contributed by atoms with van der Waals surface area (Å²) in [5, 5.41) is 17.2. The van der Waals surface area contributed by atoms with Crippen LogP contribution in [0.2, 0.25) is 0 Å². The molecule has 0 radical (unpaired) electrons. The number of aromatic nitrogens is 3. The van der Waals surface area contributed by atoms with E-state index in [0.717, 1.165) is 10.7 Å². The Hall–Kier alpha value is -1.47. The van der Waals surface area contributed by atoms with Gasteiger partial charge in [-0.2, -0.15) is 0 Å². The van der Waals surface area contributed by atoms with E-state index in [4.69, 9.17) is 4.42 Å². The Labute approximate surface area is 110 Å². The van der Waals surface area contributed by atoms with Crippen LogP contribution < -0.4 is 10.6 Å². The van der Waals surface area contributed by atoms with Crippen LogP contribution in [0, 0.1) is 6.92 Å². The van der Waals surface area contributed by atoms with Gasteiger partial charge in [-0.05, 0) is 6.92 Å². The van der Waals surface area contributed by atoms with Crippen LogP contribution in [0.15, 0.2) is 9.80 Å². The van der Waals surface area contributed by atoms with Gasteiger partial charge in [0.15, 0.2) is 0 Å². The number of hydrogen-bond donors (Lipinski definition) is 2. The van der Waals surface area contributed by atoms with Crippen molar-refractivity contribution in [3.8, 4) is 0 Å². The minimum atomic E-state index is 0.395. The average molecular weight is 267 g/mol. The molecule has 0 aromatic carbocycles. The van der Waals surface area contributed by atoms with Crippen molar-refractivity contribution >= 4 is 17.4 Å². The number of nitrogens with zero attached hydrogens (tertiary/aromatic N) is 3. The molecule has 2 N–H and O–H groups in total. The number of hydrogen-bond acceptors (Lipinski definition) is 7. The molecule has 0 bridgehead atoms. The van der Waals surface area contributed by atoms with Crippen molar-refractivity contribution in [1.29, 1.82) is 0 Å². The smallest absolute Gasteiger partial charge is 0.315 e. The molecule has 0 amide bonds. The van der Waals surface area contributed by atoms with Crippen LogP contribution in [0.3, 0.4) is 0 Å². The summed E-state index contributed by atoms with van der Waals surface area (Å²) in [7, 11) is 0. The lowest BCUT2D eigenvalue weighted by atomic mass is 10.4. The van der Waals surface area contributed by atoms with E-state index in [2.05, 4.69) is 39.7 Å². The molecule has 98 valence electrons. The molecule has 2 aromatic heterocycles. The van der Waals surface area contributed by atoms with Crippen molar-refractivity contribution in [3.05, 3.63) is 22.0 Å². The zero-order valence-electron chi connectivity index (χ0n) is 10.7. The van der Waals surface area contributed by atoms with Crippen LogP contribution in [0.4, 0.5) is 6.01 Å². The Morgan fingerprint density at radius 2 is 2.17 bits per heavy atom. The van der Waals surface area contributed by atoms with E-state index in [1.807, 2.05) is 12.3 Å². The highest BCUT2D eigenvalue weighted by atomic mass is 32.1. The molecule has 0 spiro atoms. The maximum absolute atomic E-state index is 5.44. The molecule has 0 saturated heterocycles. The molecule has 2 heterocycles. The molecule has 6 nitrogen and oxygen atoms in total. The maximum Gasteiger partial charge on any atom is 0.315 e. The molecule has 0 aliphatic carbocycles. The molecule has 7 heteroatoms. The van der Waals surface area contributed by atoms with E-state index in [0.29, 0.717) is 31.0 Å². The van der Waals surface area contributed by atoms with Gasteiger partial charge < -0.3 is 15.1 Å². The van der Waals surface area contributed by atoms with Gasteiger partial charge in [0.05, 0.1) is 23.8 Å². The van der Waals surface area contributed by atoms with Gasteiger partial charge in [0.2, 0.25) is 5.89 Å². The van der Waals surface area contributed by atoms with E-state index in [9.17, 15) is 0 Å². The summed E-state index contributed by atoms with van der Waals surface area (Å²) in [6.07, 6.45) is 0. The number of rotatable bonds is 6. The predicted octanol–water partition coefficient (Wildman–Crippen LogP) is 1.94. The first-order valence-electron chi connectivity index (χ1n) is 5.84. The largest absolute Gasteiger partial charge is 0.407 e. The monoisotopic (exact) mass is 267 g/mol. The number of thiazole rings is 1. The van der Waals surface area contributed by atoms with E-state index >= 15 is 0 Å². The van der Waals surface area contributed by atoms with Gasteiger partial charge in [0, 0.05) is 11.4 Å². The molecular weight excluding hydrogens is 250 g/mol. The summed E-state index contributed by atoms with van der Waals surface area (Å²) < 4.78 is 5.44. The molecule has 0 unspecified atom stereocenters. The van der Waals surface area contributed by atoms with E-state index in [-0.39, 0.29) is 0 Å². The van der Waals surface area contributed by atoms with Crippen LogP contribution in [0.5, 0.6) is 0 Å². The van der Waals surface area contributed by atoms with E-state index < -0.39 is 0 Å². The topological polar surface area (TPSA) is 75.9 Å². The van der Waals surface area contributed by atoms with Crippen LogP contribution in [-0.4, -0.2) is 21.2 Å². The molecule has 2 aromatic rings. The van der Waals surface area contributed by atoms with Crippen LogP contribution >= 0.6 is 11.3 Å². The summed E-state index contributed by atoms with van der Waals surface area (Å²) in [6.45, 7) is 7.31. The highest BCUT2D eigenvalue weighted by molar-refractivity contribution is 7.09. The predicted molar refractivity (Wildman–Crippen MR) is 70.5 cm³/mol. The average Bonchev–Trinajstić information content (AvgIpc) is 2.93. The Morgan fingerprint density at radius 3 is 2.83 bits per heavy atom. The first-order chi connectivity index (χ1) is 8.63. The van der Waals surface area contributed by atoms with Crippen LogP contribution in [-0.2, 0) is 13.1 Å². The number of anilines is 1. The van der Waals surface area contributed by atoms with Crippen molar-refractivity contribution < 1.29 is 4.42 Å². The Kier molecular flexibility index (Phi) is 4.27. The molecule has 0 aliphatic heterocycles. The second kappa shape index (κ2) is 5.92. The van der Waals surface area contributed by atoms with Crippen molar-refractivity contribution in [3.63, 3.8) is 0 Å². The molecule has 0 aliphatic rings. The minimum absolute atomic E-state index is 0.395. The molecule has 18 heavy (non-hydrogen) atoms. The van der Waals surface area contributed by atoms with Gasteiger partial charge in [0.1, 0.15) is 0 Å². The lowest BCUT2D eigenvalue weighted by molar-refractivity contribution is 0.458. The maximum atomic E-state index is 5.44. The van der Waals surface area contributed by atoms with Gasteiger partial charge in [-0.15, -0.1) is 16.4 Å². The SMILES string of the molecule is Cc1nc(CNc2nnc(CNC(C)C)o2)cs1. The first-order valence-corrected chi connectivity index (χ1v) is 6.72. The van der Waals surface area contributed by atoms with Crippen LogP contribution in [0.1, 0.15) is 30.4 Å². The quantitative estimate of drug-likeness (QED) is 0.833. The van der Waals surface area contributed by atoms with Gasteiger partial charge in [-0.25, -0.2) is 4.98 Å². The standard InChI is InChI=1S/C11H17N5OS/c1-7(2)12-5-10-15-16-11(17-10)13-4-9-6-18-8(3)14-9/h6-7,12H,4-5H2,1-3H3,(H,13,16). The molecule has 0 fully saturated rings. The van der Waals surface area contributed by atoms with Crippen molar-refractivity contribution in [1.82, 2.24) is 20.5 Å². The number of nitrogens with one attached hydrogen (secondary N) is 2. The third kappa shape index (κ3) is 3.78. The van der Waals surface area contributed by atoms with Gasteiger partial charge >= 0.3 is 6.01 Å². The lowest BCUT2D eigenvalue weighted by Crippen LogP contribution is -2.21. The Bertz CT molecular complexity index is 493. The minimum Gasteiger partial charge on any atom is -0.407 e. The third-order valence-corrected chi connectivity index (χ3v) is 3.04. The van der Waals surface area contributed by atoms with Crippen molar-refractivity contribution in [2.24, 2.45) is 0 Å². The Morgan fingerprint density at radius 1 is 1.33 bits per heavy atom. The highest BCUT2D eigenvalue weighted by Gasteiger charge is 2.06. The van der Waals surface area contributed by atoms with E-state index in [1.165, 1.54) is 0 Å². The summed E-state index contributed by atoms with van der Waals surface area (Å²) >= 11 is 1.63. The fourth-order valence-electron chi connectivity index (χ4n) is 1.34. The molecule has 0 atom stereocenters. The summed E-state index contributed by atoms with van der Waals surface area (Å²) in [4.78, 5) is 4.35. The first kappa shape index (κ1) is 13.0.